The Labute approximate surface area is 280 Å². The van der Waals surface area contributed by atoms with Crippen LogP contribution in [0.2, 0.25) is 0 Å². The van der Waals surface area contributed by atoms with E-state index in [4.69, 9.17) is 19.1 Å². The first-order chi connectivity index (χ1) is 22.2. The third kappa shape index (κ3) is 32.0. The first-order valence-corrected chi connectivity index (χ1v) is 20.1. The van der Waals surface area contributed by atoms with Gasteiger partial charge in [-0.1, -0.05) is 149 Å². The van der Waals surface area contributed by atoms with E-state index in [1.807, 2.05) is 0 Å². The molecule has 0 saturated carbocycles. The molecule has 4 atom stereocenters. The van der Waals surface area contributed by atoms with Gasteiger partial charge in [0.05, 0.1) is 26.4 Å². The molecule has 11 heteroatoms. The summed E-state index contributed by atoms with van der Waals surface area (Å²) in [6.45, 7) is 2.52. The van der Waals surface area contributed by atoms with Gasteiger partial charge in [0.25, 0.3) is 0 Å². The first kappa shape index (κ1) is 45.4. The van der Waals surface area contributed by atoms with Crippen LogP contribution in [-0.2, 0) is 27.9 Å². The number of rotatable bonds is 36. The number of phosphoric acid groups is 1. The summed E-state index contributed by atoms with van der Waals surface area (Å²) in [6, 6.07) is 0. The number of aliphatic hydroxyl groups excluding tert-OH is 3. The summed E-state index contributed by atoms with van der Waals surface area (Å²) in [4.78, 5) is 22.4. The van der Waals surface area contributed by atoms with E-state index in [2.05, 4.69) is 18.4 Å². The van der Waals surface area contributed by atoms with Crippen molar-refractivity contribution >= 4 is 13.8 Å². The molecule has 0 spiro atoms. The summed E-state index contributed by atoms with van der Waals surface area (Å²) in [5.41, 5.74) is 0. The van der Waals surface area contributed by atoms with E-state index in [0.29, 0.717) is 12.8 Å². The Hall–Kier alpha value is -0.580. The van der Waals surface area contributed by atoms with Crippen molar-refractivity contribution in [1.29, 1.82) is 0 Å². The zero-order chi connectivity index (χ0) is 34.1. The Balaban J connectivity index is 4.30. The summed E-state index contributed by atoms with van der Waals surface area (Å²) < 4.78 is 32.8. The summed E-state index contributed by atoms with van der Waals surface area (Å²) in [5.74, 6) is -0.464. The van der Waals surface area contributed by atoms with Gasteiger partial charge in [0, 0.05) is 6.42 Å². The molecule has 0 aliphatic carbocycles. The van der Waals surface area contributed by atoms with Crippen LogP contribution in [0.25, 0.3) is 0 Å². The topological polar surface area (TPSA) is 152 Å². The van der Waals surface area contributed by atoms with Gasteiger partial charge in [-0.05, 0) is 19.3 Å². The number of aliphatic hydroxyl groups is 3. The molecule has 0 fully saturated rings. The van der Waals surface area contributed by atoms with Gasteiger partial charge < -0.3 is 29.7 Å². The summed E-state index contributed by atoms with van der Waals surface area (Å²) in [6.07, 6.45) is 24.8. The lowest BCUT2D eigenvalue weighted by Gasteiger charge is -2.21. The van der Waals surface area contributed by atoms with E-state index in [1.54, 1.807) is 0 Å². The Morgan fingerprint density at radius 2 is 1.02 bits per heavy atom. The van der Waals surface area contributed by atoms with Crippen LogP contribution in [0.4, 0.5) is 0 Å². The fourth-order valence-electron chi connectivity index (χ4n) is 5.20. The number of carbonyl (C=O) groups is 1. The van der Waals surface area contributed by atoms with Gasteiger partial charge in [0.1, 0.15) is 12.2 Å². The molecule has 4 N–H and O–H groups in total. The van der Waals surface area contributed by atoms with Crippen LogP contribution in [-0.4, -0.2) is 71.1 Å². The van der Waals surface area contributed by atoms with Crippen molar-refractivity contribution in [1.82, 2.24) is 0 Å². The maximum atomic E-state index is 12.5. The molecule has 0 aromatic rings. The smallest absolute Gasteiger partial charge is 0.457 e. The number of hydrogen-bond donors (Lipinski definition) is 4. The molecule has 10 nitrogen and oxygen atoms in total. The van der Waals surface area contributed by atoms with Crippen LogP contribution in [0.3, 0.4) is 0 Å². The van der Waals surface area contributed by atoms with E-state index < -0.39 is 52.1 Å². The quantitative estimate of drug-likeness (QED) is 0.0219. The van der Waals surface area contributed by atoms with Crippen molar-refractivity contribution < 1.29 is 48.1 Å². The number of carbonyl (C=O) groups excluding carboxylic acids is 1. The fourth-order valence-corrected chi connectivity index (χ4v) is 5.99. The SMILES string of the molecule is CCCCCCCCCCCCCCCCCC(=O)O[C@H](COC(O)CCCCCCCCCC)COP(=O)(O)OC[C@@H](O)CO. The second-order valence-electron chi connectivity index (χ2n) is 12.8. The molecule has 0 aliphatic heterocycles. The van der Waals surface area contributed by atoms with Crippen LogP contribution in [0.5, 0.6) is 0 Å². The highest BCUT2D eigenvalue weighted by Gasteiger charge is 2.27. The van der Waals surface area contributed by atoms with E-state index in [0.717, 1.165) is 38.5 Å². The van der Waals surface area contributed by atoms with Crippen molar-refractivity contribution in [2.75, 3.05) is 26.4 Å². The van der Waals surface area contributed by atoms with Gasteiger partial charge >= 0.3 is 13.8 Å². The molecule has 276 valence electrons. The minimum absolute atomic E-state index is 0.206. The molecule has 0 radical (unpaired) electrons. The Bertz CT molecular complexity index is 711. The predicted octanol–water partition coefficient (Wildman–Crippen LogP) is 8.51. The molecule has 0 saturated heterocycles. The number of ether oxygens (including phenoxy) is 2. The van der Waals surface area contributed by atoms with Crippen molar-refractivity contribution in [3.63, 3.8) is 0 Å². The van der Waals surface area contributed by atoms with E-state index in [9.17, 15) is 24.5 Å². The van der Waals surface area contributed by atoms with E-state index in [-0.39, 0.29) is 13.0 Å². The number of unbranched alkanes of at least 4 members (excludes halogenated alkanes) is 21. The normalized spacial score (nSPS) is 15.0. The number of phosphoric ester groups is 1. The van der Waals surface area contributed by atoms with Gasteiger partial charge in [0.2, 0.25) is 0 Å². The molecule has 0 aromatic heterocycles. The third-order valence-electron chi connectivity index (χ3n) is 8.13. The molecule has 0 aliphatic rings. The predicted molar refractivity (Wildman–Crippen MR) is 183 cm³/mol. The van der Waals surface area contributed by atoms with E-state index >= 15 is 0 Å². The van der Waals surface area contributed by atoms with Crippen LogP contribution in [0, 0.1) is 0 Å². The summed E-state index contributed by atoms with van der Waals surface area (Å²) >= 11 is 0. The van der Waals surface area contributed by atoms with Gasteiger partial charge in [-0.3, -0.25) is 13.8 Å². The van der Waals surface area contributed by atoms with Crippen molar-refractivity contribution in [2.45, 2.75) is 193 Å². The maximum Gasteiger partial charge on any atom is 0.472 e. The molecule has 46 heavy (non-hydrogen) atoms. The average Bonchev–Trinajstić information content (AvgIpc) is 3.04. The van der Waals surface area contributed by atoms with Gasteiger partial charge in [-0.2, -0.15) is 0 Å². The highest BCUT2D eigenvalue weighted by atomic mass is 31.2. The fraction of sp³-hybridized carbons (Fsp3) is 0.971. The van der Waals surface area contributed by atoms with Crippen molar-refractivity contribution in [3.8, 4) is 0 Å². The van der Waals surface area contributed by atoms with Gasteiger partial charge in [-0.15, -0.1) is 0 Å². The summed E-state index contributed by atoms with van der Waals surface area (Å²) in [5, 5.41) is 28.5. The Morgan fingerprint density at radius 1 is 0.609 bits per heavy atom. The second kappa shape index (κ2) is 32.9. The molecule has 0 amide bonds. The highest BCUT2D eigenvalue weighted by Crippen LogP contribution is 2.43. The van der Waals surface area contributed by atoms with Crippen LogP contribution < -0.4 is 0 Å². The minimum atomic E-state index is -4.57. The van der Waals surface area contributed by atoms with Crippen LogP contribution in [0.1, 0.15) is 174 Å². The summed E-state index contributed by atoms with van der Waals surface area (Å²) in [7, 11) is -4.57. The molecule has 0 heterocycles. The lowest BCUT2D eigenvalue weighted by atomic mass is 10.0. The third-order valence-corrected chi connectivity index (χ3v) is 9.08. The maximum absolute atomic E-state index is 12.5. The molecular formula is C35H71O10P. The standard InChI is InChI=1S/C35H71O10P/c1-3-5-7-9-11-13-14-15-16-17-18-19-21-23-25-27-35(39)45-33(31-44-46(40,41)43-29-32(37)28-36)30-42-34(38)26-24-22-20-12-10-8-6-4-2/h32-34,36-38H,3-31H2,1-2H3,(H,40,41)/t32-,33+,34?/m0/s1. The van der Waals surface area contributed by atoms with E-state index in [1.165, 1.54) is 103 Å². The van der Waals surface area contributed by atoms with Gasteiger partial charge in [-0.25, -0.2) is 4.57 Å². The van der Waals surface area contributed by atoms with Crippen molar-refractivity contribution in [2.24, 2.45) is 0 Å². The lowest BCUT2D eigenvalue weighted by molar-refractivity contribution is -0.166. The monoisotopic (exact) mass is 682 g/mol. The van der Waals surface area contributed by atoms with Crippen molar-refractivity contribution in [3.05, 3.63) is 0 Å². The number of esters is 1. The molecular weight excluding hydrogens is 611 g/mol. The molecule has 0 rings (SSSR count). The van der Waals surface area contributed by atoms with Crippen LogP contribution >= 0.6 is 7.82 Å². The first-order valence-electron chi connectivity index (χ1n) is 18.6. The molecule has 0 bridgehead atoms. The molecule has 2 unspecified atom stereocenters. The minimum Gasteiger partial charge on any atom is -0.457 e. The highest BCUT2D eigenvalue weighted by molar-refractivity contribution is 7.47. The van der Waals surface area contributed by atoms with Gasteiger partial charge in [0.15, 0.2) is 6.29 Å². The zero-order valence-corrected chi connectivity index (χ0v) is 30.3. The Kier molecular flexibility index (Phi) is 32.5. The Morgan fingerprint density at radius 3 is 1.48 bits per heavy atom. The average molecular weight is 683 g/mol. The van der Waals surface area contributed by atoms with Crippen LogP contribution in [0.15, 0.2) is 0 Å². The number of hydrogen-bond acceptors (Lipinski definition) is 9. The zero-order valence-electron chi connectivity index (χ0n) is 29.4. The lowest BCUT2D eigenvalue weighted by Crippen LogP contribution is -2.30. The molecule has 0 aromatic carbocycles. The largest absolute Gasteiger partial charge is 0.472 e. The second-order valence-corrected chi connectivity index (χ2v) is 14.2.